The van der Waals surface area contributed by atoms with Crippen molar-refractivity contribution >= 4 is 0 Å². The molecule has 2 aromatic rings. The van der Waals surface area contributed by atoms with Gasteiger partial charge in [-0.1, -0.05) is 69.4 Å². The van der Waals surface area contributed by atoms with E-state index in [0.717, 1.165) is 30.4 Å². The zero-order chi connectivity index (χ0) is 15.8. The highest BCUT2D eigenvalue weighted by Gasteiger charge is 2.10. The van der Waals surface area contributed by atoms with Crippen LogP contribution < -0.4 is 0 Å². The van der Waals surface area contributed by atoms with Crippen molar-refractivity contribution < 1.29 is 10.2 Å². The first-order valence-corrected chi connectivity index (χ1v) is 8.32. The molecule has 0 atom stereocenters. The van der Waals surface area contributed by atoms with Crippen LogP contribution in [0.15, 0.2) is 42.5 Å². The molecule has 22 heavy (non-hydrogen) atoms. The molecule has 0 aliphatic carbocycles. The molecule has 2 nitrogen and oxygen atoms in total. The van der Waals surface area contributed by atoms with Gasteiger partial charge in [-0.3, -0.25) is 0 Å². The molecule has 0 aromatic heterocycles. The summed E-state index contributed by atoms with van der Waals surface area (Å²) >= 11 is 0. The monoisotopic (exact) mass is 298 g/mol. The summed E-state index contributed by atoms with van der Waals surface area (Å²) in [5.74, 6) is 0.403. The van der Waals surface area contributed by atoms with Crippen molar-refractivity contribution in [1.29, 1.82) is 0 Å². The average molecular weight is 298 g/mol. The number of hydrogen-bond acceptors (Lipinski definition) is 2. The lowest BCUT2D eigenvalue weighted by molar-refractivity contribution is 0.436. The predicted molar refractivity (Wildman–Crippen MR) is 92.3 cm³/mol. The van der Waals surface area contributed by atoms with Gasteiger partial charge in [-0.05, 0) is 36.1 Å². The number of phenols is 2. The first-order chi connectivity index (χ1) is 10.7. The van der Waals surface area contributed by atoms with E-state index in [1.54, 1.807) is 12.1 Å². The molecular formula is C20H26O2. The second-order valence-corrected chi connectivity index (χ2v) is 5.88. The van der Waals surface area contributed by atoms with Gasteiger partial charge in [0, 0.05) is 5.56 Å². The van der Waals surface area contributed by atoms with Crippen LogP contribution in [0.4, 0.5) is 0 Å². The molecule has 0 fully saturated rings. The fourth-order valence-electron chi connectivity index (χ4n) is 2.78. The smallest absolute Gasteiger partial charge is 0.123 e. The van der Waals surface area contributed by atoms with E-state index in [9.17, 15) is 10.2 Å². The summed E-state index contributed by atoms with van der Waals surface area (Å²) in [7, 11) is 0. The molecule has 0 bridgehead atoms. The molecule has 0 amide bonds. The van der Waals surface area contributed by atoms with Gasteiger partial charge in [-0.25, -0.2) is 0 Å². The molecule has 2 heteroatoms. The van der Waals surface area contributed by atoms with Crippen molar-refractivity contribution in [1.82, 2.24) is 0 Å². The third-order valence-corrected chi connectivity index (χ3v) is 4.09. The van der Waals surface area contributed by atoms with Gasteiger partial charge in [0.25, 0.3) is 0 Å². The molecule has 0 aliphatic rings. The van der Waals surface area contributed by atoms with E-state index in [0.29, 0.717) is 5.56 Å². The van der Waals surface area contributed by atoms with E-state index in [2.05, 4.69) is 6.92 Å². The molecule has 2 aromatic carbocycles. The number of unbranched alkanes of at least 4 members (excludes halogenated alkanes) is 5. The minimum absolute atomic E-state index is 0.201. The van der Waals surface area contributed by atoms with Gasteiger partial charge in [0.15, 0.2) is 0 Å². The van der Waals surface area contributed by atoms with Crippen molar-refractivity contribution in [2.45, 2.75) is 51.9 Å². The van der Waals surface area contributed by atoms with Crippen molar-refractivity contribution in [3.05, 3.63) is 48.0 Å². The van der Waals surface area contributed by atoms with Crippen LogP contribution in [0, 0.1) is 0 Å². The van der Waals surface area contributed by atoms with Gasteiger partial charge in [0.2, 0.25) is 0 Å². The minimum atomic E-state index is 0.201. The number of phenolic OH excluding ortho intramolecular Hbond substituents is 2. The summed E-state index contributed by atoms with van der Waals surface area (Å²) in [5, 5.41) is 20.4. The van der Waals surface area contributed by atoms with Crippen LogP contribution in [0.5, 0.6) is 11.5 Å². The van der Waals surface area contributed by atoms with Crippen LogP contribution in [0.25, 0.3) is 11.1 Å². The summed E-state index contributed by atoms with van der Waals surface area (Å²) in [6.45, 7) is 2.21. The third-order valence-electron chi connectivity index (χ3n) is 4.09. The van der Waals surface area contributed by atoms with Crippen molar-refractivity contribution in [2.24, 2.45) is 0 Å². The summed E-state index contributed by atoms with van der Waals surface area (Å²) in [6, 6.07) is 13.3. The van der Waals surface area contributed by atoms with Crippen molar-refractivity contribution in [3.8, 4) is 22.6 Å². The molecule has 2 rings (SSSR count). The van der Waals surface area contributed by atoms with Gasteiger partial charge in [0.05, 0.1) is 0 Å². The molecule has 0 spiro atoms. The lowest BCUT2D eigenvalue weighted by atomic mass is 9.98. The Morgan fingerprint density at radius 3 is 1.95 bits per heavy atom. The number of rotatable bonds is 8. The summed E-state index contributed by atoms with van der Waals surface area (Å²) < 4.78 is 0. The number of aromatic hydroxyl groups is 2. The normalized spacial score (nSPS) is 10.8. The first-order valence-electron chi connectivity index (χ1n) is 8.32. The van der Waals surface area contributed by atoms with Gasteiger partial charge in [0.1, 0.15) is 11.5 Å². The van der Waals surface area contributed by atoms with Crippen LogP contribution in [-0.2, 0) is 6.42 Å². The molecule has 118 valence electrons. The Hall–Kier alpha value is -1.96. The summed E-state index contributed by atoms with van der Waals surface area (Å²) in [5.41, 5.74) is 2.52. The van der Waals surface area contributed by atoms with Gasteiger partial charge in [-0.2, -0.15) is 0 Å². The lowest BCUT2D eigenvalue weighted by Gasteiger charge is -2.10. The Morgan fingerprint density at radius 1 is 0.727 bits per heavy atom. The molecule has 0 unspecified atom stereocenters. The van der Waals surface area contributed by atoms with Crippen LogP contribution in [-0.4, -0.2) is 10.2 Å². The number of benzene rings is 2. The topological polar surface area (TPSA) is 40.5 Å². The summed E-state index contributed by atoms with van der Waals surface area (Å²) in [4.78, 5) is 0. The first kappa shape index (κ1) is 16.4. The van der Waals surface area contributed by atoms with Gasteiger partial charge in [-0.15, -0.1) is 0 Å². The van der Waals surface area contributed by atoms with Crippen molar-refractivity contribution in [3.63, 3.8) is 0 Å². The Kier molecular flexibility index (Phi) is 6.32. The van der Waals surface area contributed by atoms with E-state index in [1.165, 1.54) is 25.7 Å². The van der Waals surface area contributed by atoms with Crippen LogP contribution in [0.1, 0.15) is 51.0 Å². The molecule has 0 saturated carbocycles. The molecule has 0 saturated heterocycles. The Morgan fingerprint density at radius 2 is 1.32 bits per heavy atom. The molecular weight excluding hydrogens is 272 g/mol. The third kappa shape index (κ3) is 4.52. The van der Waals surface area contributed by atoms with Gasteiger partial charge >= 0.3 is 0 Å². The quantitative estimate of drug-likeness (QED) is 0.617. The SMILES string of the molecule is CCCCCCCCc1c(O)cc(-c2ccccc2)cc1O. The second kappa shape index (κ2) is 8.47. The second-order valence-electron chi connectivity index (χ2n) is 5.88. The van der Waals surface area contributed by atoms with E-state index in [-0.39, 0.29) is 11.5 Å². The van der Waals surface area contributed by atoms with Crippen LogP contribution in [0.2, 0.25) is 0 Å². The van der Waals surface area contributed by atoms with E-state index >= 15 is 0 Å². The molecule has 0 heterocycles. The zero-order valence-electron chi connectivity index (χ0n) is 13.4. The van der Waals surface area contributed by atoms with Gasteiger partial charge < -0.3 is 10.2 Å². The standard InChI is InChI=1S/C20H26O2/c1-2-3-4-5-6-10-13-18-19(21)14-17(15-20(18)22)16-11-8-7-9-12-16/h7-9,11-12,14-15,21-22H,2-6,10,13H2,1H3. The highest BCUT2D eigenvalue weighted by atomic mass is 16.3. The predicted octanol–water partition coefficient (Wildman–Crippen LogP) is 5.67. The van der Waals surface area contributed by atoms with E-state index in [1.807, 2.05) is 30.3 Å². The zero-order valence-corrected chi connectivity index (χ0v) is 13.4. The highest BCUT2D eigenvalue weighted by molar-refractivity contribution is 5.68. The van der Waals surface area contributed by atoms with Crippen molar-refractivity contribution in [2.75, 3.05) is 0 Å². The Bertz CT molecular complexity index is 553. The highest BCUT2D eigenvalue weighted by Crippen LogP contribution is 2.34. The average Bonchev–Trinajstić information content (AvgIpc) is 2.53. The largest absolute Gasteiger partial charge is 0.508 e. The molecule has 0 radical (unpaired) electrons. The summed E-state index contributed by atoms with van der Waals surface area (Å²) in [6.07, 6.45) is 7.96. The van der Waals surface area contributed by atoms with E-state index < -0.39 is 0 Å². The molecule has 0 aliphatic heterocycles. The number of hydrogen-bond donors (Lipinski definition) is 2. The minimum Gasteiger partial charge on any atom is -0.508 e. The fraction of sp³-hybridized carbons (Fsp3) is 0.400. The lowest BCUT2D eigenvalue weighted by Crippen LogP contribution is -1.90. The maximum absolute atomic E-state index is 10.2. The maximum atomic E-state index is 10.2. The van der Waals surface area contributed by atoms with E-state index in [4.69, 9.17) is 0 Å². The maximum Gasteiger partial charge on any atom is 0.123 e. The van der Waals surface area contributed by atoms with Crippen LogP contribution in [0.3, 0.4) is 0 Å². The Labute approximate surface area is 133 Å². The van der Waals surface area contributed by atoms with Crippen LogP contribution >= 0.6 is 0 Å². The molecule has 2 N–H and O–H groups in total. The Balaban J connectivity index is 1.98. The fourth-order valence-corrected chi connectivity index (χ4v) is 2.78.